The van der Waals surface area contributed by atoms with E-state index in [2.05, 4.69) is 20.4 Å². The molecule has 0 radical (unpaired) electrons. The van der Waals surface area contributed by atoms with Crippen molar-refractivity contribution < 1.29 is 0 Å². The van der Waals surface area contributed by atoms with Crippen LogP contribution in [-0.2, 0) is 0 Å². The van der Waals surface area contributed by atoms with E-state index in [1.54, 1.807) is 0 Å². The lowest BCUT2D eigenvalue weighted by Gasteiger charge is -2.11. The summed E-state index contributed by atoms with van der Waals surface area (Å²) in [6.07, 6.45) is 2.27. The van der Waals surface area contributed by atoms with Gasteiger partial charge in [0, 0.05) is 5.02 Å². The first-order valence-electron chi connectivity index (χ1n) is 5.07. The molecule has 1 heteroatoms. The summed E-state index contributed by atoms with van der Waals surface area (Å²) in [7, 11) is 0. The second kappa shape index (κ2) is 5.21. The second-order valence-corrected chi connectivity index (χ2v) is 4.26. The van der Waals surface area contributed by atoms with E-state index in [0.717, 1.165) is 11.4 Å². The molecule has 1 aromatic carbocycles. The molecule has 0 fully saturated rings. The highest BCUT2D eigenvalue weighted by atomic mass is 35.5. The molecule has 1 aromatic rings. The maximum Gasteiger partial charge on any atom is 0.0406 e. The Morgan fingerprint density at radius 3 is 2.43 bits per heavy atom. The average Bonchev–Trinajstić information content (AvgIpc) is 2.18. The predicted octanol–water partition coefficient (Wildman–Crippen LogP) is 4.79. The van der Waals surface area contributed by atoms with Crippen molar-refractivity contribution in [2.24, 2.45) is 5.92 Å². The van der Waals surface area contributed by atoms with Gasteiger partial charge in [-0.3, -0.25) is 0 Å². The third kappa shape index (κ3) is 3.19. The number of halogens is 1. The highest BCUT2D eigenvalue weighted by molar-refractivity contribution is 6.30. The van der Waals surface area contributed by atoms with E-state index < -0.39 is 0 Å². The molecule has 1 unspecified atom stereocenters. The third-order valence-corrected chi connectivity index (χ3v) is 2.80. The molecule has 0 aromatic heterocycles. The fourth-order valence-electron chi connectivity index (χ4n) is 1.37. The van der Waals surface area contributed by atoms with Crippen LogP contribution in [0.2, 0.25) is 5.02 Å². The molecule has 0 saturated carbocycles. The van der Waals surface area contributed by atoms with Crippen LogP contribution in [0, 0.1) is 5.92 Å². The Morgan fingerprint density at radius 1 is 1.36 bits per heavy atom. The Hall–Kier alpha value is -0.750. The van der Waals surface area contributed by atoms with Crippen molar-refractivity contribution in [2.45, 2.75) is 26.7 Å². The fraction of sp³-hybridized carbons (Fsp3) is 0.385. The molecule has 1 atom stereocenters. The lowest BCUT2D eigenvalue weighted by molar-refractivity contribution is 0.580. The highest BCUT2D eigenvalue weighted by Gasteiger charge is 2.03. The lowest BCUT2D eigenvalue weighted by Crippen LogP contribution is -1.93. The summed E-state index contributed by atoms with van der Waals surface area (Å²) in [6, 6.07) is 7.90. The van der Waals surface area contributed by atoms with Crippen molar-refractivity contribution in [1.29, 1.82) is 0 Å². The molecule has 0 N–H and O–H groups in total. The zero-order valence-electron chi connectivity index (χ0n) is 8.89. The van der Waals surface area contributed by atoms with E-state index in [1.165, 1.54) is 17.6 Å². The van der Waals surface area contributed by atoms with Crippen molar-refractivity contribution in [2.75, 3.05) is 0 Å². The van der Waals surface area contributed by atoms with Crippen LogP contribution < -0.4 is 0 Å². The van der Waals surface area contributed by atoms with Crippen LogP contribution in [0.5, 0.6) is 0 Å². The number of benzene rings is 1. The van der Waals surface area contributed by atoms with Gasteiger partial charge in [0.05, 0.1) is 0 Å². The minimum Gasteiger partial charge on any atom is -0.0952 e. The lowest BCUT2D eigenvalue weighted by atomic mass is 9.95. The van der Waals surface area contributed by atoms with E-state index in [-0.39, 0.29) is 0 Å². The average molecular weight is 209 g/mol. The Bertz CT molecular complexity index is 298. The van der Waals surface area contributed by atoms with Gasteiger partial charge in [-0.2, -0.15) is 0 Å². The Morgan fingerprint density at radius 2 is 1.93 bits per heavy atom. The standard InChI is InChI=1S/C13H17Cl/c1-4-10(2)9-11(3)12-5-7-13(14)8-6-12/h5-8,10H,3-4,9H2,1-2H3. The number of rotatable bonds is 4. The largest absolute Gasteiger partial charge is 0.0952 e. The van der Waals surface area contributed by atoms with Crippen LogP contribution in [0.25, 0.3) is 5.57 Å². The molecule has 14 heavy (non-hydrogen) atoms. The van der Waals surface area contributed by atoms with Crippen LogP contribution in [0.1, 0.15) is 32.3 Å². The number of hydrogen-bond acceptors (Lipinski definition) is 0. The van der Waals surface area contributed by atoms with Crippen molar-refractivity contribution in [3.05, 3.63) is 41.4 Å². The predicted molar refractivity (Wildman–Crippen MR) is 64.6 cm³/mol. The van der Waals surface area contributed by atoms with E-state index in [9.17, 15) is 0 Å². The molecule has 0 saturated heterocycles. The smallest absolute Gasteiger partial charge is 0.0406 e. The van der Waals surface area contributed by atoms with E-state index in [1.807, 2.05) is 24.3 Å². The van der Waals surface area contributed by atoms with Gasteiger partial charge in [-0.15, -0.1) is 0 Å². The monoisotopic (exact) mass is 208 g/mol. The van der Waals surface area contributed by atoms with Crippen LogP contribution >= 0.6 is 11.6 Å². The minimum atomic E-state index is 0.707. The van der Waals surface area contributed by atoms with Crippen LogP contribution in [-0.4, -0.2) is 0 Å². The molecule has 76 valence electrons. The first kappa shape index (κ1) is 11.3. The first-order valence-corrected chi connectivity index (χ1v) is 5.45. The molecule has 0 aliphatic carbocycles. The van der Waals surface area contributed by atoms with Gasteiger partial charge >= 0.3 is 0 Å². The molecule has 0 amide bonds. The highest BCUT2D eigenvalue weighted by Crippen LogP contribution is 2.23. The molecule has 0 nitrogen and oxygen atoms in total. The quantitative estimate of drug-likeness (QED) is 0.668. The molecule has 0 aliphatic rings. The molecule has 0 spiro atoms. The van der Waals surface area contributed by atoms with Gasteiger partial charge in [0.15, 0.2) is 0 Å². The Labute approximate surface area is 91.6 Å². The molecule has 0 bridgehead atoms. The summed E-state index contributed by atoms with van der Waals surface area (Å²) in [5.41, 5.74) is 2.41. The van der Waals surface area contributed by atoms with Crippen molar-refractivity contribution in [1.82, 2.24) is 0 Å². The zero-order valence-corrected chi connectivity index (χ0v) is 9.64. The Balaban J connectivity index is 2.65. The van der Waals surface area contributed by atoms with Gasteiger partial charge in [-0.05, 0) is 35.6 Å². The summed E-state index contributed by atoms with van der Waals surface area (Å²) in [5, 5.41) is 0.782. The molecule has 1 rings (SSSR count). The maximum atomic E-state index is 5.82. The molecule has 0 aliphatic heterocycles. The normalized spacial score (nSPS) is 12.5. The van der Waals surface area contributed by atoms with Crippen LogP contribution in [0.4, 0.5) is 0 Å². The first-order chi connectivity index (χ1) is 6.63. The van der Waals surface area contributed by atoms with E-state index in [0.29, 0.717) is 5.92 Å². The summed E-state index contributed by atoms with van der Waals surface area (Å²) in [4.78, 5) is 0. The van der Waals surface area contributed by atoms with Gasteiger partial charge in [-0.1, -0.05) is 50.6 Å². The fourth-order valence-corrected chi connectivity index (χ4v) is 1.49. The Kier molecular flexibility index (Phi) is 4.21. The zero-order chi connectivity index (χ0) is 10.6. The van der Waals surface area contributed by atoms with Gasteiger partial charge < -0.3 is 0 Å². The summed E-state index contributed by atoms with van der Waals surface area (Å²) >= 11 is 5.82. The van der Waals surface area contributed by atoms with Gasteiger partial charge in [0.1, 0.15) is 0 Å². The number of hydrogen-bond donors (Lipinski definition) is 0. The summed E-state index contributed by atoms with van der Waals surface area (Å²) < 4.78 is 0. The molecular weight excluding hydrogens is 192 g/mol. The number of allylic oxidation sites excluding steroid dienone is 1. The SMILES string of the molecule is C=C(CC(C)CC)c1ccc(Cl)cc1. The topological polar surface area (TPSA) is 0 Å². The summed E-state index contributed by atoms with van der Waals surface area (Å²) in [6.45, 7) is 8.56. The molecular formula is C13H17Cl. The maximum absolute atomic E-state index is 5.82. The van der Waals surface area contributed by atoms with Gasteiger partial charge in [0.25, 0.3) is 0 Å². The third-order valence-electron chi connectivity index (χ3n) is 2.54. The molecule has 0 heterocycles. The van der Waals surface area contributed by atoms with Gasteiger partial charge in [0.2, 0.25) is 0 Å². The van der Waals surface area contributed by atoms with Crippen molar-refractivity contribution in [3.8, 4) is 0 Å². The summed E-state index contributed by atoms with van der Waals surface area (Å²) in [5.74, 6) is 0.707. The minimum absolute atomic E-state index is 0.707. The van der Waals surface area contributed by atoms with Crippen LogP contribution in [0.15, 0.2) is 30.8 Å². The second-order valence-electron chi connectivity index (χ2n) is 3.83. The van der Waals surface area contributed by atoms with E-state index in [4.69, 9.17) is 11.6 Å². The van der Waals surface area contributed by atoms with Crippen molar-refractivity contribution >= 4 is 17.2 Å². The van der Waals surface area contributed by atoms with Crippen LogP contribution in [0.3, 0.4) is 0 Å². The van der Waals surface area contributed by atoms with Gasteiger partial charge in [-0.25, -0.2) is 0 Å². The van der Waals surface area contributed by atoms with E-state index >= 15 is 0 Å². The van der Waals surface area contributed by atoms with Crippen molar-refractivity contribution in [3.63, 3.8) is 0 Å².